The molecule has 1 saturated heterocycles. The molecule has 0 amide bonds. The van der Waals surface area contributed by atoms with Crippen molar-refractivity contribution in [3.05, 3.63) is 28.7 Å². The molecule has 0 unspecified atom stereocenters. The summed E-state index contributed by atoms with van der Waals surface area (Å²) < 4.78 is 28.0. The van der Waals surface area contributed by atoms with Crippen molar-refractivity contribution in [3.63, 3.8) is 0 Å². The first-order valence-electron chi connectivity index (χ1n) is 7.33. The van der Waals surface area contributed by atoms with Gasteiger partial charge < -0.3 is 0 Å². The van der Waals surface area contributed by atoms with Gasteiger partial charge in [0.1, 0.15) is 0 Å². The molecule has 1 aliphatic carbocycles. The number of nitrogens with zero attached hydrogens (tertiary/aromatic N) is 1. The Morgan fingerprint density at radius 2 is 1.65 bits per heavy atom. The largest absolute Gasteiger partial charge is 0.243 e. The zero-order valence-electron chi connectivity index (χ0n) is 11.5. The standard InChI is InChI=1S/C15H20BrNO2S/c16-14-5-7-15(8-6-14)20(18,19)17-10-9-12-3-1-2-4-13(12)11-17/h5-8,12-13H,1-4,9-11H2/t12-,13-/m1/s1. The third-order valence-electron chi connectivity index (χ3n) is 4.71. The van der Waals surface area contributed by atoms with E-state index in [1.54, 1.807) is 28.6 Å². The first-order valence-corrected chi connectivity index (χ1v) is 9.56. The molecular formula is C15H20BrNO2S. The van der Waals surface area contributed by atoms with Gasteiger partial charge in [0.25, 0.3) is 0 Å². The van der Waals surface area contributed by atoms with Gasteiger partial charge in [0.05, 0.1) is 4.90 Å². The average Bonchev–Trinajstić information content (AvgIpc) is 2.47. The SMILES string of the molecule is O=S(=O)(c1ccc(Br)cc1)N1CC[C@H]2CCCC[C@@H]2C1. The minimum absolute atomic E-state index is 0.412. The normalized spacial score (nSPS) is 28.1. The molecular weight excluding hydrogens is 338 g/mol. The van der Waals surface area contributed by atoms with Crippen molar-refractivity contribution in [2.45, 2.75) is 37.0 Å². The number of hydrogen-bond donors (Lipinski definition) is 0. The summed E-state index contributed by atoms with van der Waals surface area (Å²) in [6, 6.07) is 6.96. The highest BCUT2D eigenvalue weighted by Gasteiger charge is 2.36. The van der Waals surface area contributed by atoms with E-state index in [9.17, 15) is 8.42 Å². The zero-order valence-corrected chi connectivity index (χ0v) is 13.9. The van der Waals surface area contributed by atoms with Gasteiger partial charge in [-0.1, -0.05) is 35.2 Å². The molecule has 0 radical (unpaired) electrons. The van der Waals surface area contributed by atoms with Gasteiger partial charge >= 0.3 is 0 Å². The van der Waals surface area contributed by atoms with Gasteiger partial charge in [0.15, 0.2) is 0 Å². The Kier molecular flexibility index (Phi) is 4.20. The molecule has 1 heterocycles. The highest BCUT2D eigenvalue weighted by molar-refractivity contribution is 9.10. The molecule has 1 saturated carbocycles. The molecule has 20 heavy (non-hydrogen) atoms. The van der Waals surface area contributed by atoms with Crippen molar-refractivity contribution in [3.8, 4) is 0 Å². The van der Waals surface area contributed by atoms with Gasteiger partial charge in [-0.2, -0.15) is 4.31 Å². The van der Waals surface area contributed by atoms with Gasteiger partial charge in [-0.25, -0.2) is 8.42 Å². The highest BCUT2D eigenvalue weighted by atomic mass is 79.9. The van der Waals surface area contributed by atoms with Crippen LogP contribution < -0.4 is 0 Å². The lowest BCUT2D eigenvalue weighted by Gasteiger charge is -2.40. The zero-order chi connectivity index (χ0) is 14.2. The molecule has 3 nitrogen and oxygen atoms in total. The number of sulfonamides is 1. The monoisotopic (exact) mass is 357 g/mol. The molecule has 5 heteroatoms. The first-order chi connectivity index (χ1) is 9.57. The molecule has 0 bridgehead atoms. The smallest absolute Gasteiger partial charge is 0.207 e. The van der Waals surface area contributed by atoms with E-state index in [4.69, 9.17) is 0 Å². The fourth-order valence-electron chi connectivity index (χ4n) is 3.54. The molecule has 0 spiro atoms. The van der Waals surface area contributed by atoms with Crippen LogP contribution in [0.15, 0.2) is 33.6 Å². The van der Waals surface area contributed by atoms with E-state index in [0.29, 0.717) is 23.9 Å². The number of benzene rings is 1. The summed E-state index contributed by atoms with van der Waals surface area (Å²) in [5, 5.41) is 0. The van der Waals surface area contributed by atoms with Crippen LogP contribution in [0.4, 0.5) is 0 Å². The fraction of sp³-hybridized carbons (Fsp3) is 0.600. The maximum Gasteiger partial charge on any atom is 0.243 e. The first kappa shape index (κ1) is 14.5. The second-order valence-corrected chi connectivity index (χ2v) is 8.76. The predicted molar refractivity (Wildman–Crippen MR) is 83.0 cm³/mol. The molecule has 1 aromatic rings. The van der Waals surface area contributed by atoms with Crippen LogP contribution in [0.5, 0.6) is 0 Å². The summed E-state index contributed by atoms with van der Waals surface area (Å²) >= 11 is 3.35. The molecule has 2 fully saturated rings. The Morgan fingerprint density at radius 3 is 2.35 bits per heavy atom. The van der Waals surface area contributed by atoms with E-state index in [1.165, 1.54) is 25.7 Å². The van der Waals surface area contributed by atoms with Gasteiger partial charge in [-0.15, -0.1) is 0 Å². The summed E-state index contributed by atoms with van der Waals surface area (Å²) in [6.45, 7) is 1.39. The number of halogens is 1. The molecule has 0 N–H and O–H groups in total. The van der Waals surface area contributed by atoms with Crippen LogP contribution in [0.3, 0.4) is 0 Å². The lowest BCUT2D eigenvalue weighted by Crippen LogP contribution is -2.44. The van der Waals surface area contributed by atoms with Crippen LogP contribution in [0.25, 0.3) is 0 Å². The quantitative estimate of drug-likeness (QED) is 0.809. The molecule has 2 atom stereocenters. The van der Waals surface area contributed by atoms with E-state index in [2.05, 4.69) is 15.9 Å². The van der Waals surface area contributed by atoms with Crippen molar-refractivity contribution >= 4 is 26.0 Å². The number of piperidine rings is 1. The molecule has 1 aliphatic heterocycles. The summed E-state index contributed by atoms with van der Waals surface area (Å²) in [5.74, 6) is 1.32. The van der Waals surface area contributed by atoms with Gasteiger partial charge in [0, 0.05) is 17.6 Å². The summed E-state index contributed by atoms with van der Waals surface area (Å²) in [5.41, 5.74) is 0. The topological polar surface area (TPSA) is 37.4 Å². The fourth-order valence-corrected chi connectivity index (χ4v) is 5.32. The van der Waals surface area contributed by atoms with Crippen LogP contribution in [0, 0.1) is 11.8 Å². The van der Waals surface area contributed by atoms with Crippen molar-refractivity contribution in [1.82, 2.24) is 4.31 Å². The summed E-state index contributed by atoms with van der Waals surface area (Å²) in [4.78, 5) is 0.412. The Labute approximate surface area is 129 Å². The second-order valence-electron chi connectivity index (χ2n) is 5.91. The predicted octanol–water partition coefficient (Wildman–Crippen LogP) is 3.65. The van der Waals surface area contributed by atoms with Crippen LogP contribution in [0.2, 0.25) is 0 Å². The third-order valence-corrected chi connectivity index (χ3v) is 7.11. The maximum atomic E-state index is 12.7. The summed E-state index contributed by atoms with van der Waals surface area (Å²) in [7, 11) is -3.32. The number of hydrogen-bond acceptors (Lipinski definition) is 2. The Bertz CT molecular complexity index is 570. The van der Waals surface area contributed by atoms with E-state index >= 15 is 0 Å². The molecule has 3 rings (SSSR count). The van der Waals surface area contributed by atoms with E-state index < -0.39 is 10.0 Å². The second kappa shape index (κ2) is 5.78. The molecule has 110 valence electrons. The van der Waals surface area contributed by atoms with Crippen molar-refractivity contribution < 1.29 is 8.42 Å². The van der Waals surface area contributed by atoms with E-state index in [-0.39, 0.29) is 0 Å². The van der Waals surface area contributed by atoms with Crippen LogP contribution >= 0.6 is 15.9 Å². The van der Waals surface area contributed by atoms with Crippen molar-refractivity contribution in [2.75, 3.05) is 13.1 Å². The summed E-state index contributed by atoms with van der Waals surface area (Å²) in [6.07, 6.45) is 6.09. The Hall–Kier alpha value is -0.390. The third kappa shape index (κ3) is 2.81. The van der Waals surface area contributed by atoms with Gasteiger partial charge in [0.2, 0.25) is 10.0 Å². The van der Waals surface area contributed by atoms with Crippen LogP contribution in [-0.2, 0) is 10.0 Å². The number of rotatable bonds is 2. The minimum atomic E-state index is -3.32. The minimum Gasteiger partial charge on any atom is -0.207 e. The van der Waals surface area contributed by atoms with Gasteiger partial charge in [-0.05, 0) is 48.9 Å². The van der Waals surface area contributed by atoms with Crippen LogP contribution in [-0.4, -0.2) is 25.8 Å². The highest BCUT2D eigenvalue weighted by Crippen LogP contribution is 2.37. The van der Waals surface area contributed by atoms with Crippen LogP contribution in [0.1, 0.15) is 32.1 Å². The molecule has 1 aromatic carbocycles. The van der Waals surface area contributed by atoms with Crippen molar-refractivity contribution in [2.24, 2.45) is 11.8 Å². The Morgan fingerprint density at radius 1 is 1.00 bits per heavy atom. The molecule has 0 aromatic heterocycles. The number of fused-ring (bicyclic) bond motifs is 1. The maximum absolute atomic E-state index is 12.7. The lowest BCUT2D eigenvalue weighted by atomic mass is 9.76. The lowest BCUT2D eigenvalue weighted by molar-refractivity contribution is 0.136. The molecule has 2 aliphatic rings. The van der Waals surface area contributed by atoms with Gasteiger partial charge in [-0.3, -0.25) is 0 Å². The average molecular weight is 358 g/mol. The Balaban J connectivity index is 1.79. The van der Waals surface area contributed by atoms with Crippen molar-refractivity contribution in [1.29, 1.82) is 0 Å². The van der Waals surface area contributed by atoms with E-state index in [1.807, 2.05) is 0 Å². The van der Waals surface area contributed by atoms with E-state index in [0.717, 1.165) is 16.8 Å².